The molecule has 6 nitrogen and oxygen atoms in total. The summed E-state index contributed by atoms with van der Waals surface area (Å²) in [6.07, 6.45) is 7.78. The molecule has 0 aromatic carbocycles. The lowest BCUT2D eigenvalue weighted by Crippen LogP contribution is -2.34. The number of pyridine rings is 1. The average molecular weight is 323 g/mol. The largest absolute Gasteiger partial charge is 0.465 e. The highest BCUT2D eigenvalue weighted by Crippen LogP contribution is 2.25. The number of hydrogen-bond acceptors (Lipinski definition) is 5. The standard InChI is InChI=1S/C18H21N5O/c1-14-4-5-17(24-14)12-22-9-6-16(7-10-22)23-13-18(20-21-23)15-3-2-8-19-11-15/h2-5,8,11,13,16H,6-7,9-10,12H2,1H3. The van der Waals surface area contributed by atoms with Crippen molar-refractivity contribution in [1.82, 2.24) is 24.9 Å². The number of hydrogen-bond donors (Lipinski definition) is 0. The number of rotatable bonds is 4. The van der Waals surface area contributed by atoms with Gasteiger partial charge in [-0.1, -0.05) is 5.21 Å². The molecule has 124 valence electrons. The van der Waals surface area contributed by atoms with Crippen molar-refractivity contribution in [2.24, 2.45) is 0 Å². The summed E-state index contributed by atoms with van der Waals surface area (Å²) in [4.78, 5) is 6.58. The van der Waals surface area contributed by atoms with Gasteiger partial charge in [-0.15, -0.1) is 5.10 Å². The summed E-state index contributed by atoms with van der Waals surface area (Å²) in [6.45, 7) is 4.97. The Hall–Kier alpha value is -2.47. The SMILES string of the molecule is Cc1ccc(CN2CCC(n3cc(-c4cccnc4)nn3)CC2)o1. The lowest BCUT2D eigenvalue weighted by Gasteiger charge is -2.31. The van der Waals surface area contributed by atoms with Gasteiger partial charge in [-0.2, -0.15) is 0 Å². The van der Waals surface area contributed by atoms with E-state index in [4.69, 9.17) is 4.42 Å². The van der Waals surface area contributed by atoms with Gasteiger partial charge >= 0.3 is 0 Å². The summed E-state index contributed by atoms with van der Waals surface area (Å²) in [5, 5.41) is 8.63. The van der Waals surface area contributed by atoms with Crippen molar-refractivity contribution in [3.8, 4) is 11.3 Å². The predicted molar refractivity (Wildman–Crippen MR) is 90.2 cm³/mol. The molecule has 0 N–H and O–H groups in total. The molecule has 4 heterocycles. The molecule has 0 bridgehead atoms. The van der Waals surface area contributed by atoms with Crippen molar-refractivity contribution in [2.75, 3.05) is 13.1 Å². The minimum atomic E-state index is 0.414. The Labute approximate surface area is 141 Å². The van der Waals surface area contributed by atoms with Crippen LogP contribution in [0.3, 0.4) is 0 Å². The lowest BCUT2D eigenvalue weighted by molar-refractivity contribution is 0.161. The Morgan fingerprint density at radius 2 is 2.08 bits per heavy atom. The van der Waals surface area contributed by atoms with Crippen LogP contribution in [-0.2, 0) is 6.54 Å². The fourth-order valence-corrected chi connectivity index (χ4v) is 3.23. The quantitative estimate of drug-likeness (QED) is 0.738. The summed E-state index contributed by atoms with van der Waals surface area (Å²) < 4.78 is 7.69. The molecule has 0 saturated carbocycles. The van der Waals surface area contributed by atoms with E-state index in [9.17, 15) is 0 Å². The molecule has 24 heavy (non-hydrogen) atoms. The van der Waals surface area contributed by atoms with Gasteiger partial charge < -0.3 is 4.42 Å². The molecule has 4 rings (SSSR count). The van der Waals surface area contributed by atoms with Crippen LogP contribution in [0.4, 0.5) is 0 Å². The van der Waals surface area contributed by atoms with Gasteiger partial charge in [-0.3, -0.25) is 9.88 Å². The number of likely N-dealkylation sites (tertiary alicyclic amines) is 1. The van der Waals surface area contributed by atoms with Gasteiger partial charge in [0.15, 0.2) is 0 Å². The van der Waals surface area contributed by atoms with E-state index in [0.717, 1.165) is 55.3 Å². The first-order valence-electron chi connectivity index (χ1n) is 8.38. The van der Waals surface area contributed by atoms with Crippen LogP contribution in [0.25, 0.3) is 11.3 Å². The lowest BCUT2D eigenvalue weighted by atomic mass is 10.1. The number of nitrogens with zero attached hydrogens (tertiary/aromatic N) is 5. The average Bonchev–Trinajstić information content (AvgIpc) is 3.26. The van der Waals surface area contributed by atoms with Crippen molar-refractivity contribution in [2.45, 2.75) is 32.4 Å². The van der Waals surface area contributed by atoms with Crippen LogP contribution in [-0.4, -0.2) is 38.0 Å². The molecule has 0 atom stereocenters. The highest BCUT2D eigenvalue weighted by Gasteiger charge is 2.22. The summed E-state index contributed by atoms with van der Waals surface area (Å²) in [6, 6.07) is 8.44. The summed E-state index contributed by atoms with van der Waals surface area (Å²) in [5.41, 5.74) is 1.89. The van der Waals surface area contributed by atoms with Crippen LogP contribution in [0.15, 0.2) is 47.3 Å². The normalized spacial score (nSPS) is 16.5. The van der Waals surface area contributed by atoms with Crippen molar-refractivity contribution < 1.29 is 4.42 Å². The van der Waals surface area contributed by atoms with Crippen molar-refractivity contribution in [3.05, 3.63) is 54.4 Å². The summed E-state index contributed by atoms with van der Waals surface area (Å²) in [7, 11) is 0. The topological polar surface area (TPSA) is 60.0 Å². The maximum absolute atomic E-state index is 5.67. The number of piperidine rings is 1. The molecule has 3 aromatic heterocycles. The van der Waals surface area contributed by atoms with Crippen molar-refractivity contribution in [3.63, 3.8) is 0 Å². The van der Waals surface area contributed by atoms with Gasteiger partial charge in [0.25, 0.3) is 0 Å². The molecule has 0 aliphatic carbocycles. The molecular formula is C18H21N5O. The molecule has 1 fully saturated rings. The third-order valence-electron chi connectivity index (χ3n) is 4.57. The molecule has 0 radical (unpaired) electrons. The minimum absolute atomic E-state index is 0.414. The zero-order valence-electron chi connectivity index (χ0n) is 13.8. The zero-order chi connectivity index (χ0) is 16.4. The summed E-state index contributed by atoms with van der Waals surface area (Å²) in [5.74, 6) is 2.02. The molecule has 0 unspecified atom stereocenters. The second-order valence-corrected chi connectivity index (χ2v) is 6.35. The van der Waals surface area contributed by atoms with Crippen LogP contribution in [0.1, 0.15) is 30.4 Å². The number of furan rings is 1. The molecular weight excluding hydrogens is 302 g/mol. The van der Waals surface area contributed by atoms with Crippen LogP contribution < -0.4 is 0 Å². The Morgan fingerprint density at radius 1 is 1.21 bits per heavy atom. The monoisotopic (exact) mass is 323 g/mol. The van der Waals surface area contributed by atoms with E-state index in [1.54, 1.807) is 6.20 Å². The number of aromatic nitrogens is 4. The number of aryl methyl sites for hydroxylation is 1. The van der Waals surface area contributed by atoms with Gasteiger partial charge in [0.1, 0.15) is 17.2 Å². The van der Waals surface area contributed by atoms with E-state index in [1.165, 1.54) is 0 Å². The van der Waals surface area contributed by atoms with Crippen LogP contribution in [0, 0.1) is 6.92 Å². The highest BCUT2D eigenvalue weighted by atomic mass is 16.3. The maximum Gasteiger partial charge on any atom is 0.118 e. The third kappa shape index (κ3) is 3.23. The minimum Gasteiger partial charge on any atom is -0.465 e. The van der Waals surface area contributed by atoms with Gasteiger partial charge in [0, 0.05) is 31.0 Å². The van der Waals surface area contributed by atoms with Crippen LogP contribution >= 0.6 is 0 Å². The Morgan fingerprint density at radius 3 is 2.79 bits per heavy atom. The third-order valence-corrected chi connectivity index (χ3v) is 4.57. The van der Waals surface area contributed by atoms with Gasteiger partial charge in [0.2, 0.25) is 0 Å². The Bertz CT molecular complexity index is 787. The first-order chi connectivity index (χ1) is 11.8. The molecule has 1 saturated heterocycles. The van der Waals surface area contributed by atoms with Crippen molar-refractivity contribution >= 4 is 0 Å². The van der Waals surface area contributed by atoms with Crippen LogP contribution in [0.5, 0.6) is 0 Å². The maximum atomic E-state index is 5.67. The molecule has 3 aromatic rings. The molecule has 1 aliphatic rings. The molecule has 0 amide bonds. The van der Waals surface area contributed by atoms with E-state index in [0.29, 0.717) is 6.04 Å². The fourth-order valence-electron chi connectivity index (χ4n) is 3.23. The molecule has 6 heteroatoms. The van der Waals surface area contributed by atoms with E-state index in [1.807, 2.05) is 42.2 Å². The first kappa shape index (κ1) is 15.1. The van der Waals surface area contributed by atoms with E-state index < -0.39 is 0 Å². The highest BCUT2D eigenvalue weighted by molar-refractivity contribution is 5.55. The Balaban J connectivity index is 1.37. The van der Waals surface area contributed by atoms with Crippen molar-refractivity contribution in [1.29, 1.82) is 0 Å². The second kappa shape index (κ2) is 6.57. The fraction of sp³-hybridized carbons (Fsp3) is 0.389. The zero-order valence-corrected chi connectivity index (χ0v) is 13.8. The second-order valence-electron chi connectivity index (χ2n) is 6.35. The van der Waals surface area contributed by atoms with E-state index in [-0.39, 0.29) is 0 Å². The molecule has 1 aliphatic heterocycles. The smallest absolute Gasteiger partial charge is 0.118 e. The van der Waals surface area contributed by atoms with E-state index >= 15 is 0 Å². The van der Waals surface area contributed by atoms with Gasteiger partial charge in [-0.05, 0) is 44.0 Å². The van der Waals surface area contributed by atoms with E-state index in [2.05, 4.69) is 26.3 Å². The summed E-state index contributed by atoms with van der Waals surface area (Å²) >= 11 is 0. The molecule has 0 spiro atoms. The Kier molecular flexibility index (Phi) is 4.13. The first-order valence-corrected chi connectivity index (χ1v) is 8.38. The van der Waals surface area contributed by atoms with Gasteiger partial charge in [-0.25, -0.2) is 4.68 Å². The van der Waals surface area contributed by atoms with Crippen LogP contribution in [0.2, 0.25) is 0 Å². The van der Waals surface area contributed by atoms with Gasteiger partial charge in [0.05, 0.1) is 18.8 Å². The predicted octanol–water partition coefficient (Wildman–Crippen LogP) is 3.08.